The highest BCUT2D eigenvalue weighted by Gasteiger charge is 2.70. The second-order valence-corrected chi connectivity index (χ2v) is 10.5. The number of imide groups is 1. The largest absolute Gasteiger partial charge is 0.508 e. The van der Waals surface area contributed by atoms with E-state index in [1.54, 1.807) is 36.4 Å². The van der Waals surface area contributed by atoms with Gasteiger partial charge in [-0.2, -0.15) is 0 Å². The third kappa shape index (κ3) is 3.64. The van der Waals surface area contributed by atoms with E-state index < -0.39 is 23.4 Å². The summed E-state index contributed by atoms with van der Waals surface area (Å²) in [4.78, 5) is 42.8. The number of benzene rings is 3. The Balaban J connectivity index is 1.42. The van der Waals surface area contributed by atoms with E-state index in [1.807, 2.05) is 37.3 Å². The quantitative estimate of drug-likeness (QED) is 0.451. The Labute approximate surface area is 219 Å². The van der Waals surface area contributed by atoms with Crippen LogP contribution < -0.4 is 10.6 Å². The molecule has 7 nitrogen and oxygen atoms in total. The van der Waals surface area contributed by atoms with Gasteiger partial charge in [-0.25, -0.2) is 0 Å². The van der Waals surface area contributed by atoms with Crippen LogP contribution in [0.3, 0.4) is 0 Å². The van der Waals surface area contributed by atoms with Crippen LogP contribution in [0.25, 0.3) is 0 Å². The number of phenolic OH excluding ortho intramolecular Hbond substituents is 1. The highest BCUT2D eigenvalue weighted by molar-refractivity contribution is 6.31. The van der Waals surface area contributed by atoms with Crippen LogP contribution >= 0.6 is 11.6 Å². The van der Waals surface area contributed by atoms with E-state index in [0.717, 1.165) is 16.7 Å². The lowest BCUT2D eigenvalue weighted by molar-refractivity contribution is -0.142. The number of hydrogen-bond acceptors (Lipinski definition) is 5. The van der Waals surface area contributed by atoms with Gasteiger partial charge in [0.2, 0.25) is 17.7 Å². The molecule has 3 heterocycles. The smallest absolute Gasteiger partial charge is 0.250 e. The fourth-order valence-corrected chi connectivity index (χ4v) is 6.53. The van der Waals surface area contributed by atoms with Gasteiger partial charge in [0.25, 0.3) is 0 Å². The first kappa shape index (κ1) is 23.7. The molecule has 4 atom stereocenters. The Morgan fingerprint density at radius 3 is 2.43 bits per heavy atom. The summed E-state index contributed by atoms with van der Waals surface area (Å²) < 4.78 is 0. The minimum Gasteiger partial charge on any atom is -0.508 e. The molecule has 2 fully saturated rings. The van der Waals surface area contributed by atoms with Crippen molar-refractivity contribution >= 4 is 35.0 Å². The van der Waals surface area contributed by atoms with Gasteiger partial charge >= 0.3 is 0 Å². The van der Waals surface area contributed by atoms with Gasteiger partial charge in [-0.3, -0.25) is 24.6 Å². The second kappa shape index (κ2) is 8.71. The molecule has 2 saturated heterocycles. The number of phenols is 1. The number of carbonyl (C=O) groups excluding carboxylic acids is 3. The first-order chi connectivity index (χ1) is 17.8. The number of carbonyl (C=O) groups is 3. The molecule has 188 valence electrons. The molecule has 3 N–H and O–H groups in total. The Kier molecular flexibility index (Phi) is 5.58. The summed E-state index contributed by atoms with van der Waals surface area (Å²) in [5.41, 5.74) is 2.55. The van der Waals surface area contributed by atoms with Crippen LogP contribution in [0.4, 0.5) is 5.69 Å². The number of nitrogens with zero attached hydrogens (tertiary/aromatic N) is 1. The molecule has 0 aromatic heterocycles. The van der Waals surface area contributed by atoms with Crippen molar-refractivity contribution in [1.29, 1.82) is 0 Å². The van der Waals surface area contributed by atoms with Crippen molar-refractivity contribution in [3.8, 4) is 5.75 Å². The molecule has 0 bridgehead atoms. The maximum atomic E-state index is 14.0. The number of rotatable bonds is 5. The van der Waals surface area contributed by atoms with Crippen LogP contribution in [0.15, 0.2) is 66.7 Å². The molecule has 3 aromatic rings. The molecular weight excluding hydrogens is 490 g/mol. The zero-order chi connectivity index (χ0) is 25.9. The third-order valence-electron chi connectivity index (χ3n) is 7.94. The number of fused-ring (bicyclic) bond motifs is 4. The summed E-state index contributed by atoms with van der Waals surface area (Å²) >= 11 is 6.42. The molecular formula is C29H26ClN3O4. The predicted octanol–water partition coefficient (Wildman–Crippen LogP) is 3.56. The minimum absolute atomic E-state index is 0.144. The summed E-state index contributed by atoms with van der Waals surface area (Å²) in [7, 11) is 0. The van der Waals surface area contributed by atoms with Crippen LogP contribution in [0, 0.1) is 18.8 Å². The van der Waals surface area contributed by atoms with Crippen molar-refractivity contribution < 1.29 is 19.5 Å². The van der Waals surface area contributed by atoms with Gasteiger partial charge in [0.05, 0.1) is 11.8 Å². The first-order valence-electron chi connectivity index (χ1n) is 12.4. The molecule has 3 aliphatic rings. The van der Waals surface area contributed by atoms with E-state index in [0.29, 0.717) is 29.1 Å². The van der Waals surface area contributed by atoms with Crippen LogP contribution in [-0.2, 0) is 32.8 Å². The summed E-state index contributed by atoms with van der Waals surface area (Å²) in [5, 5.41) is 16.6. The van der Waals surface area contributed by atoms with Crippen LogP contribution in [0.2, 0.25) is 5.02 Å². The van der Waals surface area contributed by atoms with Gasteiger partial charge in [-0.05, 0) is 60.7 Å². The second-order valence-electron chi connectivity index (χ2n) is 10.1. The molecule has 6 rings (SSSR count). The molecule has 0 radical (unpaired) electrons. The molecule has 0 aliphatic carbocycles. The Hall–Kier alpha value is -3.68. The SMILES string of the molecule is Cc1cc(Cl)cc2c1NC(=O)[C@]21N[C@H](Cc2ccc(O)cc2)[C@H]2C(=O)N(CCc3ccccc3)C(=O)[C@@H]21. The van der Waals surface area contributed by atoms with E-state index in [2.05, 4.69) is 10.6 Å². The summed E-state index contributed by atoms with van der Waals surface area (Å²) in [6.07, 6.45) is 0.950. The number of anilines is 1. The van der Waals surface area contributed by atoms with Crippen molar-refractivity contribution in [3.63, 3.8) is 0 Å². The number of aryl methyl sites for hydroxylation is 1. The standard InChI is InChI=1S/C29H26ClN3O4/c1-16-13-19(30)15-21-25(16)31-28(37)29(21)24-23(22(32-29)14-18-7-9-20(34)10-8-18)26(35)33(27(24)36)12-11-17-5-3-2-4-6-17/h2-10,13,15,22-24,32,34H,11-12,14H2,1H3,(H,31,37)/t22-,23-,24-,29+/m1/s1. The van der Waals surface area contributed by atoms with Crippen LogP contribution in [-0.4, -0.2) is 40.3 Å². The molecule has 3 aliphatic heterocycles. The van der Waals surface area contributed by atoms with Gasteiger partial charge < -0.3 is 10.4 Å². The predicted molar refractivity (Wildman–Crippen MR) is 139 cm³/mol. The summed E-state index contributed by atoms with van der Waals surface area (Å²) in [5.74, 6) is -2.41. The maximum absolute atomic E-state index is 14.0. The number of likely N-dealkylation sites (tertiary alicyclic amines) is 1. The van der Waals surface area contributed by atoms with Gasteiger partial charge in [0, 0.05) is 28.9 Å². The van der Waals surface area contributed by atoms with Crippen molar-refractivity contribution in [2.45, 2.75) is 31.3 Å². The maximum Gasteiger partial charge on any atom is 0.250 e. The highest BCUT2D eigenvalue weighted by Crippen LogP contribution is 2.54. The molecule has 3 amide bonds. The number of halogens is 1. The zero-order valence-electron chi connectivity index (χ0n) is 20.2. The van der Waals surface area contributed by atoms with Crippen molar-refractivity contribution in [3.05, 3.63) is 94.0 Å². The molecule has 8 heteroatoms. The molecule has 0 unspecified atom stereocenters. The zero-order valence-corrected chi connectivity index (χ0v) is 21.0. The van der Waals surface area contributed by atoms with Crippen molar-refractivity contribution in [1.82, 2.24) is 10.2 Å². The van der Waals surface area contributed by atoms with E-state index in [9.17, 15) is 19.5 Å². The number of amides is 3. The first-order valence-corrected chi connectivity index (χ1v) is 12.7. The Morgan fingerprint density at radius 1 is 0.973 bits per heavy atom. The Bertz CT molecular complexity index is 1430. The lowest BCUT2D eigenvalue weighted by Crippen LogP contribution is -2.53. The van der Waals surface area contributed by atoms with E-state index in [1.165, 1.54) is 4.90 Å². The average Bonchev–Trinajstić information content (AvgIpc) is 3.45. The Morgan fingerprint density at radius 2 is 1.70 bits per heavy atom. The molecule has 0 saturated carbocycles. The number of hydrogen-bond donors (Lipinski definition) is 3. The van der Waals surface area contributed by atoms with Gasteiger partial charge in [-0.1, -0.05) is 54.1 Å². The number of nitrogens with one attached hydrogen (secondary N) is 2. The van der Waals surface area contributed by atoms with E-state index in [-0.39, 0.29) is 30.0 Å². The van der Waals surface area contributed by atoms with Crippen LogP contribution in [0.5, 0.6) is 5.75 Å². The molecule has 37 heavy (non-hydrogen) atoms. The third-order valence-corrected chi connectivity index (χ3v) is 8.15. The molecule has 1 spiro atoms. The van der Waals surface area contributed by atoms with Gasteiger partial charge in [0.1, 0.15) is 11.3 Å². The van der Waals surface area contributed by atoms with E-state index in [4.69, 9.17) is 11.6 Å². The normalized spacial score (nSPS) is 26.1. The van der Waals surface area contributed by atoms with E-state index >= 15 is 0 Å². The van der Waals surface area contributed by atoms with Crippen LogP contribution in [0.1, 0.15) is 22.3 Å². The topological polar surface area (TPSA) is 98.7 Å². The average molecular weight is 516 g/mol. The monoisotopic (exact) mass is 515 g/mol. The van der Waals surface area contributed by atoms with Crippen molar-refractivity contribution in [2.24, 2.45) is 11.8 Å². The summed E-state index contributed by atoms with van der Waals surface area (Å²) in [6, 6.07) is 19.5. The number of aromatic hydroxyl groups is 1. The molecule has 3 aromatic carbocycles. The summed E-state index contributed by atoms with van der Waals surface area (Å²) in [6.45, 7) is 2.11. The lowest BCUT2D eigenvalue weighted by Gasteiger charge is -2.30. The lowest BCUT2D eigenvalue weighted by atomic mass is 9.76. The minimum atomic E-state index is -1.40. The van der Waals surface area contributed by atoms with Gasteiger partial charge in [0.15, 0.2) is 0 Å². The fraction of sp³-hybridized carbons (Fsp3) is 0.276. The van der Waals surface area contributed by atoms with Crippen molar-refractivity contribution in [2.75, 3.05) is 11.9 Å². The van der Waals surface area contributed by atoms with Gasteiger partial charge in [-0.15, -0.1) is 0 Å². The fourth-order valence-electron chi connectivity index (χ4n) is 6.26. The highest BCUT2D eigenvalue weighted by atomic mass is 35.5.